The van der Waals surface area contributed by atoms with E-state index >= 15 is 0 Å². The Bertz CT molecular complexity index is 286. The number of thioether (sulfide) groups is 1. The minimum absolute atomic E-state index is 0.0711. The Morgan fingerprint density at radius 1 is 1.39 bits per heavy atom. The quantitative estimate of drug-likeness (QED) is 0.746. The lowest BCUT2D eigenvalue weighted by Gasteiger charge is -2.28. The van der Waals surface area contributed by atoms with Gasteiger partial charge in [0, 0.05) is 11.3 Å². The molecule has 0 spiro atoms. The second kappa shape index (κ2) is 8.24. The number of rotatable bonds is 5. The lowest BCUT2D eigenvalue weighted by Crippen LogP contribution is -2.46. The zero-order valence-electron chi connectivity index (χ0n) is 11.0. The van der Waals surface area contributed by atoms with Crippen LogP contribution >= 0.6 is 11.8 Å². The van der Waals surface area contributed by atoms with E-state index in [9.17, 15) is 9.59 Å². The summed E-state index contributed by atoms with van der Waals surface area (Å²) in [7, 11) is 0. The highest BCUT2D eigenvalue weighted by atomic mass is 32.2. The van der Waals surface area contributed by atoms with Crippen molar-refractivity contribution in [3.63, 3.8) is 0 Å². The first kappa shape index (κ1) is 15.1. The Labute approximate surface area is 112 Å². The van der Waals surface area contributed by atoms with E-state index in [2.05, 4.69) is 16.9 Å². The molecule has 1 aliphatic carbocycles. The fourth-order valence-electron chi connectivity index (χ4n) is 2.09. The molecule has 0 saturated heterocycles. The summed E-state index contributed by atoms with van der Waals surface area (Å²) in [6, 6.07) is -0.0619. The summed E-state index contributed by atoms with van der Waals surface area (Å²) in [6.45, 7) is 2.00. The molecule has 0 heterocycles. The van der Waals surface area contributed by atoms with E-state index < -0.39 is 5.97 Å². The second-order valence-electron chi connectivity index (χ2n) is 4.35. The average Bonchev–Trinajstić information content (AvgIpc) is 2.37. The van der Waals surface area contributed by atoms with Gasteiger partial charge < -0.3 is 15.4 Å². The van der Waals surface area contributed by atoms with Gasteiger partial charge in [-0.05, 0) is 32.4 Å². The highest BCUT2D eigenvalue weighted by Gasteiger charge is 2.22. The van der Waals surface area contributed by atoms with E-state index in [4.69, 9.17) is 4.74 Å². The van der Waals surface area contributed by atoms with Crippen LogP contribution in [-0.2, 0) is 9.53 Å². The standard InChI is InChI=1S/C12H22N2O3S/c1-3-17-11(15)8-13-12(16)14-9-5-4-6-10(7-9)18-2/h9-10H,3-8H2,1-2H3,(H2,13,14,16). The van der Waals surface area contributed by atoms with Gasteiger partial charge in [-0.1, -0.05) is 6.42 Å². The van der Waals surface area contributed by atoms with Gasteiger partial charge >= 0.3 is 12.0 Å². The second-order valence-corrected chi connectivity index (χ2v) is 5.49. The average molecular weight is 274 g/mol. The van der Waals surface area contributed by atoms with Crippen molar-refractivity contribution >= 4 is 23.8 Å². The molecule has 104 valence electrons. The maximum absolute atomic E-state index is 11.6. The van der Waals surface area contributed by atoms with Crippen molar-refractivity contribution in [3.05, 3.63) is 0 Å². The number of carbonyl (C=O) groups is 2. The van der Waals surface area contributed by atoms with Crippen LogP contribution in [0.4, 0.5) is 4.79 Å². The van der Waals surface area contributed by atoms with Crippen LogP contribution < -0.4 is 10.6 Å². The van der Waals surface area contributed by atoms with Gasteiger partial charge in [-0.25, -0.2) is 4.79 Å². The molecular weight excluding hydrogens is 252 g/mol. The summed E-state index contributed by atoms with van der Waals surface area (Å²) in [6.07, 6.45) is 6.50. The molecule has 2 atom stereocenters. The molecule has 6 heteroatoms. The molecule has 1 fully saturated rings. The largest absolute Gasteiger partial charge is 0.465 e. The van der Waals surface area contributed by atoms with E-state index in [0.717, 1.165) is 19.3 Å². The van der Waals surface area contributed by atoms with Crippen LogP contribution in [0.15, 0.2) is 0 Å². The van der Waals surface area contributed by atoms with E-state index in [1.807, 2.05) is 11.8 Å². The molecule has 2 unspecified atom stereocenters. The molecule has 1 aliphatic rings. The van der Waals surface area contributed by atoms with Gasteiger partial charge in [0.05, 0.1) is 6.61 Å². The molecule has 18 heavy (non-hydrogen) atoms. The first-order valence-corrected chi connectivity index (χ1v) is 7.67. The summed E-state index contributed by atoms with van der Waals surface area (Å²) in [5.74, 6) is -0.404. The van der Waals surface area contributed by atoms with Crippen LogP contribution in [0, 0.1) is 0 Å². The van der Waals surface area contributed by atoms with Gasteiger partial charge in [0.25, 0.3) is 0 Å². The number of hydrogen-bond donors (Lipinski definition) is 2. The molecule has 0 aromatic heterocycles. The Hall–Kier alpha value is -0.910. The molecule has 1 saturated carbocycles. The fourth-order valence-corrected chi connectivity index (χ4v) is 2.92. The van der Waals surface area contributed by atoms with Crippen molar-refractivity contribution in [2.24, 2.45) is 0 Å². The molecule has 0 radical (unpaired) electrons. The summed E-state index contributed by atoms with van der Waals surface area (Å²) in [4.78, 5) is 22.6. The number of hydrogen-bond acceptors (Lipinski definition) is 4. The number of esters is 1. The molecule has 0 aliphatic heterocycles. The first-order valence-electron chi connectivity index (χ1n) is 6.38. The smallest absolute Gasteiger partial charge is 0.325 e. The highest BCUT2D eigenvalue weighted by Crippen LogP contribution is 2.26. The van der Waals surface area contributed by atoms with Crippen LogP contribution in [0.25, 0.3) is 0 Å². The summed E-state index contributed by atoms with van der Waals surface area (Å²) in [5, 5.41) is 6.06. The van der Waals surface area contributed by atoms with Crippen molar-refractivity contribution in [2.75, 3.05) is 19.4 Å². The maximum atomic E-state index is 11.6. The molecule has 0 aromatic rings. The number of amides is 2. The topological polar surface area (TPSA) is 67.4 Å². The van der Waals surface area contributed by atoms with Crippen molar-refractivity contribution in [2.45, 2.75) is 43.9 Å². The SMILES string of the molecule is CCOC(=O)CNC(=O)NC1CCCC(SC)C1. The van der Waals surface area contributed by atoms with Crippen molar-refractivity contribution in [1.29, 1.82) is 0 Å². The minimum Gasteiger partial charge on any atom is -0.465 e. The zero-order valence-corrected chi connectivity index (χ0v) is 11.8. The van der Waals surface area contributed by atoms with Gasteiger partial charge in [-0.2, -0.15) is 11.8 Å². The predicted molar refractivity (Wildman–Crippen MR) is 72.7 cm³/mol. The van der Waals surface area contributed by atoms with Gasteiger partial charge in [0.1, 0.15) is 6.54 Å². The Kier molecular flexibility index (Phi) is 6.93. The molecule has 2 amide bonds. The predicted octanol–water partition coefficient (Wildman–Crippen LogP) is 1.52. The van der Waals surface area contributed by atoms with Crippen molar-refractivity contribution in [3.8, 4) is 0 Å². The van der Waals surface area contributed by atoms with Gasteiger partial charge in [-0.3, -0.25) is 4.79 Å². The van der Waals surface area contributed by atoms with Crippen LogP contribution in [-0.4, -0.2) is 42.7 Å². The lowest BCUT2D eigenvalue weighted by atomic mass is 9.95. The number of nitrogens with one attached hydrogen (secondary N) is 2. The van der Waals surface area contributed by atoms with E-state index in [1.54, 1.807) is 6.92 Å². The number of carbonyl (C=O) groups excluding carboxylic acids is 2. The van der Waals surface area contributed by atoms with Gasteiger partial charge in [0.15, 0.2) is 0 Å². The molecular formula is C12H22N2O3S. The molecule has 5 nitrogen and oxygen atoms in total. The Morgan fingerprint density at radius 3 is 2.83 bits per heavy atom. The van der Waals surface area contributed by atoms with E-state index in [-0.39, 0.29) is 18.6 Å². The van der Waals surface area contributed by atoms with Gasteiger partial charge in [0.2, 0.25) is 0 Å². The summed E-state index contributed by atoms with van der Waals surface area (Å²) >= 11 is 1.86. The van der Waals surface area contributed by atoms with Crippen molar-refractivity contribution in [1.82, 2.24) is 10.6 Å². The first-order chi connectivity index (χ1) is 8.65. The normalized spacial score (nSPS) is 23.2. The van der Waals surface area contributed by atoms with Crippen molar-refractivity contribution < 1.29 is 14.3 Å². The van der Waals surface area contributed by atoms with E-state index in [1.165, 1.54) is 6.42 Å². The fraction of sp³-hybridized carbons (Fsp3) is 0.833. The molecule has 2 N–H and O–H groups in total. The number of ether oxygens (including phenoxy) is 1. The third-order valence-corrected chi connectivity index (χ3v) is 4.09. The van der Waals surface area contributed by atoms with Crippen LogP contribution in [0.3, 0.4) is 0 Å². The zero-order chi connectivity index (χ0) is 13.4. The molecule has 0 bridgehead atoms. The minimum atomic E-state index is -0.404. The third-order valence-electron chi connectivity index (χ3n) is 2.99. The van der Waals surface area contributed by atoms with E-state index in [0.29, 0.717) is 11.9 Å². The Balaban J connectivity index is 2.21. The van der Waals surface area contributed by atoms with Crippen LogP contribution in [0.1, 0.15) is 32.6 Å². The highest BCUT2D eigenvalue weighted by molar-refractivity contribution is 7.99. The summed E-state index contributed by atoms with van der Waals surface area (Å²) in [5.41, 5.74) is 0. The van der Waals surface area contributed by atoms with Crippen LogP contribution in [0.5, 0.6) is 0 Å². The van der Waals surface area contributed by atoms with Gasteiger partial charge in [-0.15, -0.1) is 0 Å². The van der Waals surface area contributed by atoms with Crippen LogP contribution in [0.2, 0.25) is 0 Å². The molecule has 0 aromatic carbocycles. The summed E-state index contributed by atoms with van der Waals surface area (Å²) < 4.78 is 4.73. The monoisotopic (exact) mass is 274 g/mol. The number of urea groups is 1. The maximum Gasteiger partial charge on any atom is 0.325 e. The lowest BCUT2D eigenvalue weighted by molar-refractivity contribution is -0.141. The third kappa shape index (κ3) is 5.62. The Morgan fingerprint density at radius 2 is 2.17 bits per heavy atom. The molecule has 1 rings (SSSR count).